The van der Waals surface area contributed by atoms with Crippen molar-refractivity contribution in [3.05, 3.63) is 22.9 Å². The molecule has 0 spiro atoms. The molecular weight excluding hydrogens is 300 g/mol. The summed E-state index contributed by atoms with van der Waals surface area (Å²) in [4.78, 5) is 1.67. The molecule has 0 bridgehead atoms. The predicted octanol–water partition coefficient (Wildman–Crippen LogP) is 1.98. The topological polar surface area (TPSA) is 72.3 Å². The lowest BCUT2D eigenvalue weighted by Gasteiger charge is -2.36. The Balaban J connectivity index is 2.27. The summed E-state index contributed by atoms with van der Waals surface area (Å²) in [6.07, 6.45) is 0.418. The summed E-state index contributed by atoms with van der Waals surface area (Å²) >= 11 is 7.29. The van der Waals surface area contributed by atoms with Crippen LogP contribution < -0.4 is 4.65 Å². The van der Waals surface area contributed by atoms with Crippen molar-refractivity contribution in [2.75, 3.05) is 13.2 Å². The van der Waals surface area contributed by atoms with Crippen molar-refractivity contribution in [2.24, 2.45) is 0 Å². The van der Waals surface area contributed by atoms with Gasteiger partial charge < -0.3 is 10.3 Å². The number of nitrogens with zero attached hydrogens (tertiary/aromatic N) is 4. The highest BCUT2D eigenvalue weighted by atomic mass is 35.5. The van der Waals surface area contributed by atoms with E-state index in [9.17, 15) is 10.3 Å². The van der Waals surface area contributed by atoms with Crippen LogP contribution >= 0.6 is 22.9 Å². The molecule has 20 heavy (non-hydrogen) atoms. The molecule has 0 aliphatic carbocycles. The average Bonchev–Trinajstić information content (AvgIpc) is 2.95. The Hall–Kier alpha value is -0.570. The number of quaternary nitrogens is 1. The van der Waals surface area contributed by atoms with E-state index in [1.165, 1.54) is 17.4 Å². The Kier molecular flexibility index (Phi) is 4.21. The number of hydrogen-bond acceptors (Lipinski definition) is 6. The third-order valence-electron chi connectivity index (χ3n) is 3.19. The van der Waals surface area contributed by atoms with Crippen LogP contribution in [0.3, 0.4) is 0 Å². The summed E-state index contributed by atoms with van der Waals surface area (Å²) in [5.41, 5.74) is -0.649. The zero-order chi connectivity index (χ0) is 15.1. The maximum absolute atomic E-state index is 12.9. The van der Waals surface area contributed by atoms with E-state index in [-0.39, 0.29) is 23.8 Å². The molecule has 8 heteroatoms. The van der Waals surface area contributed by atoms with Crippen molar-refractivity contribution in [2.45, 2.75) is 37.9 Å². The number of hydroxylamine groups is 2. The van der Waals surface area contributed by atoms with E-state index in [1.807, 2.05) is 20.8 Å². The first-order valence-electron chi connectivity index (χ1n) is 6.30. The van der Waals surface area contributed by atoms with E-state index in [1.54, 1.807) is 4.90 Å². The van der Waals surface area contributed by atoms with Crippen LogP contribution in [0.2, 0.25) is 0 Å². The lowest BCUT2D eigenvalue weighted by Crippen LogP contribution is -2.49. The second-order valence-corrected chi connectivity index (χ2v) is 7.34. The maximum atomic E-state index is 12.9. The molecule has 1 aliphatic heterocycles. The van der Waals surface area contributed by atoms with Crippen molar-refractivity contribution in [3.63, 3.8) is 0 Å². The van der Waals surface area contributed by atoms with Gasteiger partial charge in [0.25, 0.3) is 0 Å². The third-order valence-corrected chi connectivity index (χ3v) is 5.11. The van der Waals surface area contributed by atoms with E-state index >= 15 is 0 Å². The molecule has 1 aliphatic rings. The van der Waals surface area contributed by atoms with E-state index < -0.39 is 16.4 Å². The fourth-order valence-electron chi connectivity index (χ4n) is 1.95. The molecule has 1 fully saturated rings. The van der Waals surface area contributed by atoms with Crippen molar-refractivity contribution in [1.82, 2.24) is 19.7 Å². The van der Waals surface area contributed by atoms with Crippen molar-refractivity contribution < 1.29 is 5.11 Å². The van der Waals surface area contributed by atoms with Gasteiger partial charge in [0.2, 0.25) is 6.23 Å². The summed E-state index contributed by atoms with van der Waals surface area (Å²) in [6, 6.07) is 0. The molecule has 1 aromatic heterocycles. The first-order valence-corrected chi connectivity index (χ1v) is 7.56. The molecule has 1 N–H and O–H groups in total. The Morgan fingerprint density at radius 2 is 2.25 bits per heavy atom. The highest BCUT2D eigenvalue weighted by Gasteiger charge is 2.44. The van der Waals surface area contributed by atoms with Gasteiger partial charge in [-0.2, -0.15) is 0 Å². The molecule has 3 atom stereocenters. The second kappa shape index (κ2) is 5.32. The molecule has 1 aromatic rings. The normalized spacial score (nSPS) is 29.6. The Bertz CT molecular complexity index is 504. The number of halogens is 1. The minimum atomic E-state index is -1.11. The largest absolute Gasteiger partial charge is 0.623 e. The number of aromatic nitrogens is 2. The number of hydrogen-bond donors (Lipinski definition) is 1. The van der Waals surface area contributed by atoms with Gasteiger partial charge in [0.1, 0.15) is 17.2 Å². The molecule has 1 saturated heterocycles. The Morgan fingerprint density at radius 3 is 2.75 bits per heavy atom. The zero-order valence-electron chi connectivity index (χ0n) is 11.8. The number of rotatable bonds is 3. The molecule has 0 amide bonds. The van der Waals surface area contributed by atoms with Gasteiger partial charge in [-0.05, 0) is 11.3 Å². The van der Waals surface area contributed by atoms with Crippen molar-refractivity contribution in [3.8, 4) is 0 Å². The molecule has 2 heterocycles. The molecule has 0 saturated carbocycles. The smallest absolute Gasteiger partial charge is 0.309 e. The fraction of sp³-hybridized carbons (Fsp3) is 0.667. The minimum Gasteiger partial charge on any atom is -0.623 e. The summed E-state index contributed by atoms with van der Waals surface area (Å²) in [7, 11) is 0. The standard InChI is InChI=1S/C12H19ClN4O2S/c1-5-8(13)16-6-9(18)17(19,7-16)11-15-14-10(20-11)12(2,3)4/h5,8-9,18H,1,6-7H2,2-4H3. The molecule has 0 radical (unpaired) electrons. The van der Waals surface area contributed by atoms with Crippen LogP contribution in [0.15, 0.2) is 12.7 Å². The Labute approximate surface area is 127 Å². The number of β-amino-alcohol motifs (C(OH)–C–C–N with tert-alkyl or cyclic N) is 1. The van der Waals surface area contributed by atoms with Crippen LogP contribution in [-0.4, -0.2) is 45.1 Å². The molecule has 3 unspecified atom stereocenters. The molecular formula is C12H19ClN4O2S. The van der Waals surface area contributed by atoms with Gasteiger partial charge in [0.05, 0.1) is 6.54 Å². The molecule has 112 valence electrons. The summed E-state index contributed by atoms with van der Waals surface area (Å²) in [6.45, 7) is 9.84. The molecule has 6 nitrogen and oxygen atoms in total. The summed E-state index contributed by atoms with van der Waals surface area (Å²) in [5, 5.41) is 32.0. The first-order chi connectivity index (χ1) is 9.18. The maximum Gasteiger partial charge on any atom is 0.309 e. The highest BCUT2D eigenvalue weighted by Crippen LogP contribution is 2.37. The quantitative estimate of drug-likeness (QED) is 0.303. The van der Waals surface area contributed by atoms with Crippen LogP contribution in [0.1, 0.15) is 25.8 Å². The lowest BCUT2D eigenvalue weighted by atomic mass is 9.98. The van der Waals surface area contributed by atoms with Gasteiger partial charge in [0, 0.05) is 5.41 Å². The van der Waals surface area contributed by atoms with Crippen LogP contribution in [0.25, 0.3) is 0 Å². The summed E-state index contributed by atoms with van der Waals surface area (Å²) < 4.78 is -0.926. The van der Waals surface area contributed by atoms with Crippen LogP contribution in [-0.2, 0) is 5.41 Å². The third kappa shape index (κ3) is 2.74. The SMILES string of the molecule is C=CC(Cl)N1CC(O)[N+]([O-])(c2nnc(C(C)(C)C)s2)C1. The van der Waals surface area contributed by atoms with Gasteiger partial charge in [-0.25, -0.2) is 4.90 Å². The van der Waals surface area contributed by atoms with Crippen molar-refractivity contribution >= 4 is 28.1 Å². The van der Waals surface area contributed by atoms with E-state index in [0.29, 0.717) is 0 Å². The van der Waals surface area contributed by atoms with Crippen LogP contribution in [0, 0.1) is 5.21 Å². The number of aliphatic hydroxyl groups is 1. The molecule has 2 rings (SSSR count). The minimum absolute atomic E-state index is 0.0418. The van der Waals surface area contributed by atoms with E-state index in [0.717, 1.165) is 5.01 Å². The monoisotopic (exact) mass is 318 g/mol. The van der Waals surface area contributed by atoms with E-state index in [2.05, 4.69) is 16.8 Å². The summed E-state index contributed by atoms with van der Waals surface area (Å²) in [5.74, 6) is 0. The Morgan fingerprint density at radius 1 is 1.60 bits per heavy atom. The van der Waals surface area contributed by atoms with E-state index in [4.69, 9.17) is 11.6 Å². The zero-order valence-corrected chi connectivity index (χ0v) is 13.4. The second-order valence-electron chi connectivity index (χ2n) is 5.94. The van der Waals surface area contributed by atoms with Gasteiger partial charge in [0.15, 0.2) is 0 Å². The van der Waals surface area contributed by atoms with Crippen LogP contribution in [0.4, 0.5) is 5.13 Å². The van der Waals surface area contributed by atoms with Gasteiger partial charge in [-0.1, -0.05) is 31.9 Å². The van der Waals surface area contributed by atoms with Gasteiger partial charge in [-0.3, -0.25) is 4.65 Å². The highest BCUT2D eigenvalue weighted by molar-refractivity contribution is 7.15. The van der Waals surface area contributed by atoms with Gasteiger partial charge >= 0.3 is 5.13 Å². The first kappa shape index (κ1) is 15.8. The predicted molar refractivity (Wildman–Crippen MR) is 81.2 cm³/mol. The van der Waals surface area contributed by atoms with Gasteiger partial charge in [-0.15, -0.1) is 23.3 Å². The average molecular weight is 319 g/mol. The fourth-order valence-corrected chi connectivity index (χ4v) is 3.07. The van der Waals surface area contributed by atoms with Crippen LogP contribution in [0.5, 0.6) is 0 Å². The molecule has 0 aromatic carbocycles. The van der Waals surface area contributed by atoms with Crippen molar-refractivity contribution in [1.29, 1.82) is 0 Å². The number of alkyl halides is 1. The lowest BCUT2D eigenvalue weighted by molar-refractivity contribution is 0.0843. The number of aliphatic hydroxyl groups excluding tert-OH is 1.